The summed E-state index contributed by atoms with van der Waals surface area (Å²) in [7, 11) is 0. The smallest absolute Gasteiger partial charge is 0.0552 e. The van der Waals surface area contributed by atoms with E-state index in [1.165, 1.54) is 64.2 Å². The van der Waals surface area contributed by atoms with E-state index in [2.05, 4.69) is 32.2 Å². The predicted octanol–water partition coefficient (Wildman–Crippen LogP) is 1.59. The van der Waals surface area contributed by atoms with Crippen molar-refractivity contribution in [2.24, 2.45) is 11.8 Å². The second-order valence-corrected chi connectivity index (χ2v) is 7.02. The molecule has 3 saturated heterocycles. The molecular formula is C17H26N4. The topological polar surface area (TPSA) is 31.4 Å². The Hall–Kier alpha value is -1.13. The van der Waals surface area contributed by atoms with Crippen molar-refractivity contribution in [3.8, 4) is 0 Å². The fourth-order valence-electron chi connectivity index (χ4n) is 4.54. The molecule has 4 nitrogen and oxygen atoms in total. The molecule has 0 radical (unpaired) electrons. The van der Waals surface area contributed by atoms with Crippen molar-refractivity contribution in [3.05, 3.63) is 24.5 Å². The molecule has 2 atom stereocenters. The van der Waals surface area contributed by atoms with Crippen LogP contribution < -0.4 is 10.2 Å². The molecule has 21 heavy (non-hydrogen) atoms. The third-order valence-corrected chi connectivity index (χ3v) is 5.45. The van der Waals surface area contributed by atoms with Crippen LogP contribution in [0.4, 0.5) is 5.69 Å². The first-order valence-corrected chi connectivity index (χ1v) is 8.48. The largest absolute Gasteiger partial charge is 0.370 e. The molecule has 3 aliphatic rings. The van der Waals surface area contributed by atoms with E-state index in [0.717, 1.165) is 17.9 Å². The van der Waals surface area contributed by atoms with Gasteiger partial charge in [-0.05, 0) is 56.3 Å². The summed E-state index contributed by atoms with van der Waals surface area (Å²) in [4.78, 5) is 9.65. The van der Waals surface area contributed by atoms with Crippen LogP contribution in [0.15, 0.2) is 24.5 Å². The Morgan fingerprint density at radius 2 is 1.81 bits per heavy atom. The maximum Gasteiger partial charge on any atom is 0.0552 e. The van der Waals surface area contributed by atoms with Gasteiger partial charge in [-0.15, -0.1) is 0 Å². The van der Waals surface area contributed by atoms with Gasteiger partial charge in [0, 0.05) is 38.4 Å². The molecule has 2 bridgehead atoms. The number of hydrogen-bond donors (Lipinski definition) is 1. The van der Waals surface area contributed by atoms with Gasteiger partial charge in [0.25, 0.3) is 0 Å². The van der Waals surface area contributed by atoms with E-state index in [1.807, 2.05) is 12.4 Å². The van der Waals surface area contributed by atoms with Gasteiger partial charge in [0.1, 0.15) is 0 Å². The molecule has 3 aliphatic heterocycles. The van der Waals surface area contributed by atoms with Crippen LogP contribution in [0.3, 0.4) is 0 Å². The molecule has 0 spiro atoms. The Kier molecular flexibility index (Phi) is 3.82. The SMILES string of the molecule is c1cncc(N2CC3CC(C2)CN(C2CCNCC2)C3)c1. The molecular weight excluding hydrogens is 260 g/mol. The van der Waals surface area contributed by atoms with Crippen molar-refractivity contribution < 1.29 is 0 Å². The van der Waals surface area contributed by atoms with Crippen LogP contribution in [0.25, 0.3) is 0 Å². The molecule has 4 heterocycles. The van der Waals surface area contributed by atoms with Crippen LogP contribution in [0.2, 0.25) is 0 Å². The van der Waals surface area contributed by atoms with Crippen molar-refractivity contribution in [1.82, 2.24) is 15.2 Å². The van der Waals surface area contributed by atoms with E-state index >= 15 is 0 Å². The Labute approximate surface area is 127 Å². The molecule has 1 aromatic heterocycles. The number of anilines is 1. The zero-order valence-corrected chi connectivity index (χ0v) is 12.7. The molecule has 114 valence electrons. The lowest BCUT2D eigenvalue weighted by Crippen LogP contribution is -2.56. The third kappa shape index (κ3) is 2.92. The summed E-state index contributed by atoms with van der Waals surface area (Å²) in [6, 6.07) is 5.10. The summed E-state index contributed by atoms with van der Waals surface area (Å²) in [6.07, 6.45) is 7.99. The second kappa shape index (κ2) is 5.93. The number of fused-ring (bicyclic) bond motifs is 2. The van der Waals surface area contributed by atoms with Gasteiger partial charge in [0.05, 0.1) is 11.9 Å². The Bertz CT molecular complexity index is 443. The van der Waals surface area contributed by atoms with E-state index in [1.54, 1.807) is 0 Å². The summed E-state index contributed by atoms with van der Waals surface area (Å²) in [5.74, 6) is 1.68. The first-order valence-electron chi connectivity index (χ1n) is 8.48. The molecule has 0 saturated carbocycles. The highest BCUT2D eigenvalue weighted by Gasteiger charge is 2.36. The van der Waals surface area contributed by atoms with Crippen molar-refractivity contribution in [2.75, 3.05) is 44.2 Å². The lowest BCUT2D eigenvalue weighted by Gasteiger charge is -2.49. The minimum Gasteiger partial charge on any atom is -0.370 e. The van der Waals surface area contributed by atoms with Gasteiger partial charge in [-0.2, -0.15) is 0 Å². The molecule has 4 heteroatoms. The van der Waals surface area contributed by atoms with Crippen molar-refractivity contribution in [1.29, 1.82) is 0 Å². The predicted molar refractivity (Wildman–Crippen MR) is 85.5 cm³/mol. The highest BCUT2D eigenvalue weighted by Crippen LogP contribution is 2.33. The van der Waals surface area contributed by atoms with E-state index in [-0.39, 0.29) is 0 Å². The highest BCUT2D eigenvalue weighted by molar-refractivity contribution is 5.44. The van der Waals surface area contributed by atoms with Crippen LogP contribution in [-0.2, 0) is 0 Å². The fourth-order valence-corrected chi connectivity index (χ4v) is 4.54. The number of aromatic nitrogens is 1. The van der Waals surface area contributed by atoms with E-state index in [9.17, 15) is 0 Å². The highest BCUT2D eigenvalue weighted by atomic mass is 15.2. The second-order valence-electron chi connectivity index (χ2n) is 7.02. The van der Waals surface area contributed by atoms with Crippen LogP contribution in [0.1, 0.15) is 19.3 Å². The summed E-state index contributed by atoms with van der Waals surface area (Å²) >= 11 is 0. The van der Waals surface area contributed by atoms with Crippen LogP contribution in [-0.4, -0.2) is 55.2 Å². The Morgan fingerprint density at radius 1 is 1.05 bits per heavy atom. The maximum atomic E-state index is 4.28. The Balaban J connectivity index is 1.42. The van der Waals surface area contributed by atoms with E-state index in [0.29, 0.717) is 0 Å². The molecule has 0 aromatic carbocycles. The molecule has 4 rings (SSSR count). The van der Waals surface area contributed by atoms with Gasteiger partial charge >= 0.3 is 0 Å². The molecule has 0 amide bonds. The molecule has 1 N–H and O–H groups in total. The number of pyridine rings is 1. The summed E-state index contributed by atoms with van der Waals surface area (Å²) in [5.41, 5.74) is 1.31. The number of hydrogen-bond acceptors (Lipinski definition) is 4. The zero-order valence-electron chi connectivity index (χ0n) is 12.7. The maximum absolute atomic E-state index is 4.28. The van der Waals surface area contributed by atoms with Crippen LogP contribution in [0.5, 0.6) is 0 Å². The van der Waals surface area contributed by atoms with Crippen molar-refractivity contribution in [2.45, 2.75) is 25.3 Å². The number of nitrogens with one attached hydrogen (secondary N) is 1. The molecule has 3 fully saturated rings. The number of piperidine rings is 3. The van der Waals surface area contributed by atoms with Crippen molar-refractivity contribution >= 4 is 5.69 Å². The van der Waals surface area contributed by atoms with Gasteiger partial charge in [-0.1, -0.05) is 0 Å². The van der Waals surface area contributed by atoms with Crippen molar-refractivity contribution in [3.63, 3.8) is 0 Å². The van der Waals surface area contributed by atoms with Gasteiger partial charge in [0.15, 0.2) is 0 Å². The summed E-state index contributed by atoms with van der Waals surface area (Å²) < 4.78 is 0. The Morgan fingerprint density at radius 3 is 2.48 bits per heavy atom. The van der Waals surface area contributed by atoms with Gasteiger partial charge in [0.2, 0.25) is 0 Å². The van der Waals surface area contributed by atoms with E-state index < -0.39 is 0 Å². The van der Waals surface area contributed by atoms with Crippen LogP contribution >= 0.6 is 0 Å². The molecule has 2 unspecified atom stereocenters. The number of nitrogens with zero attached hydrogens (tertiary/aromatic N) is 3. The number of likely N-dealkylation sites (tertiary alicyclic amines) is 1. The van der Waals surface area contributed by atoms with Gasteiger partial charge in [-0.25, -0.2) is 0 Å². The monoisotopic (exact) mass is 286 g/mol. The molecule has 0 aliphatic carbocycles. The lowest BCUT2D eigenvalue weighted by molar-refractivity contribution is 0.0583. The summed E-state index contributed by atoms with van der Waals surface area (Å²) in [5, 5.41) is 3.49. The van der Waals surface area contributed by atoms with Gasteiger partial charge < -0.3 is 10.2 Å². The standard InChI is InChI=1S/C17H26N4/c1-2-17(9-19-5-1)21-12-14-8-15(13-21)11-20(10-14)16-3-6-18-7-4-16/h1-2,5,9,14-16,18H,3-4,6-8,10-13H2. The fraction of sp³-hybridized carbons (Fsp3) is 0.706. The lowest BCUT2D eigenvalue weighted by atomic mass is 9.83. The first kappa shape index (κ1) is 13.5. The van der Waals surface area contributed by atoms with E-state index in [4.69, 9.17) is 0 Å². The zero-order chi connectivity index (χ0) is 14.1. The quantitative estimate of drug-likeness (QED) is 0.895. The van der Waals surface area contributed by atoms with Crippen LogP contribution in [0, 0.1) is 11.8 Å². The minimum atomic E-state index is 0.835. The first-order chi connectivity index (χ1) is 10.4. The normalized spacial score (nSPS) is 31.3. The van der Waals surface area contributed by atoms with Gasteiger partial charge in [-0.3, -0.25) is 9.88 Å². The molecule has 1 aromatic rings. The third-order valence-electron chi connectivity index (χ3n) is 5.45. The average molecular weight is 286 g/mol. The summed E-state index contributed by atoms with van der Waals surface area (Å²) in [6.45, 7) is 7.44. The average Bonchev–Trinajstić information content (AvgIpc) is 2.55. The number of rotatable bonds is 2. The minimum absolute atomic E-state index is 0.835.